The van der Waals surface area contributed by atoms with Crippen LogP contribution in [0.15, 0.2) is 30.3 Å². The van der Waals surface area contributed by atoms with Gasteiger partial charge in [0.15, 0.2) is 5.78 Å². The van der Waals surface area contributed by atoms with Crippen molar-refractivity contribution in [1.82, 2.24) is 9.80 Å². The molecular formula is C21H26N2O5. The van der Waals surface area contributed by atoms with Gasteiger partial charge in [0, 0.05) is 45.0 Å². The number of piperidine rings is 1. The number of Topliss-reactive ketones (excluding diaryl/α,β-unsaturated/α-hetero) is 1. The maximum atomic E-state index is 12.7. The number of benzene rings is 1. The van der Waals surface area contributed by atoms with Crippen LogP contribution in [0.3, 0.4) is 0 Å². The van der Waals surface area contributed by atoms with Crippen LogP contribution in [0.5, 0.6) is 0 Å². The minimum atomic E-state index is -1.01. The number of likely N-dealkylation sites (tertiary alicyclic amines) is 2. The maximum absolute atomic E-state index is 12.7. The number of hydrogen-bond donors (Lipinski definition) is 1. The van der Waals surface area contributed by atoms with Crippen molar-refractivity contribution >= 4 is 23.6 Å². The molecule has 2 heterocycles. The molecule has 1 aromatic carbocycles. The summed E-state index contributed by atoms with van der Waals surface area (Å²) in [5.74, 6) is -1.39. The van der Waals surface area contributed by atoms with Crippen molar-refractivity contribution in [2.45, 2.75) is 45.1 Å². The van der Waals surface area contributed by atoms with E-state index in [1.54, 1.807) is 29.2 Å². The fraction of sp³-hybridized carbons (Fsp3) is 0.524. The lowest BCUT2D eigenvalue weighted by Crippen LogP contribution is -2.44. The molecule has 1 aromatic rings. The van der Waals surface area contributed by atoms with Crippen molar-refractivity contribution in [2.75, 3.05) is 19.6 Å². The molecule has 0 saturated carbocycles. The van der Waals surface area contributed by atoms with Crippen molar-refractivity contribution < 1.29 is 24.3 Å². The second-order valence-corrected chi connectivity index (χ2v) is 7.88. The summed E-state index contributed by atoms with van der Waals surface area (Å²) in [6, 6.07) is 7.92. The van der Waals surface area contributed by atoms with Gasteiger partial charge in [-0.05, 0) is 24.7 Å². The molecule has 0 radical (unpaired) electrons. The smallest absolute Gasteiger partial charge is 0.326 e. The van der Waals surface area contributed by atoms with Gasteiger partial charge in [-0.2, -0.15) is 0 Å². The predicted molar refractivity (Wildman–Crippen MR) is 102 cm³/mol. The number of carboxylic acid groups (broad SMARTS) is 1. The van der Waals surface area contributed by atoms with E-state index in [-0.39, 0.29) is 35.9 Å². The van der Waals surface area contributed by atoms with Crippen molar-refractivity contribution in [2.24, 2.45) is 5.41 Å². The van der Waals surface area contributed by atoms with Crippen LogP contribution in [-0.2, 0) is 14.4 Å². The zero-order valence-electron chi connectivity index (χ0n) is 16.1. The molecule has 7 nitrogen and oxygen atoms in total. The Balaban J connectivity index is 1.63. The highest BCUT2D eigenvalue weighted by Gasteiger charge is 2.49. The van der Waals surface area contributed by atoms with Crippen LogP contribution < -0.4 is 0 Å². The Bertz CT molecular complexity index is 768. The molecule has 1 unspecified atom stereocenters. The number of carbonyl (C=O) groups is 4. The van der Waals surface area contributed by atoms with Crippen molar-refractivity contribution in [1.29, 1.82) is 0 Å². The van der Waals surface area contributed by atoms with Crippen molar-refractivity contribution in [3.63, 3.8) is 0 Å². The highest BCUT2D eigenvalue weighted by Crippen LogP contribution is 2.43. The highest BCUT2D eigenvalue weighted by molar-refractivity contribution is 5.98. The Kier molecular flexibility index (Phi) is 5.82. The number of aliphatic carboxylic acids is 1. The Hall–Kier alpha value is -2.70. The topological polar surface area (TPSA) is 95.0 Å². The van der Waals surface area contributed by atoms with Crippen LogP contribution in [0, 0.1) is 5.41 Å². The van der Waals surface area contributed by atoms with Crippen LogP contribution in [0.1, 0.15) is 49.4 Å². The first-order valence-corrected chi connectivity index (χ1v) is 9.67. The molecule has 1 spiro atoms. The molecule has 2 saturated heterocycles. The van der Waals surface area contributed by atoms with Gasteiger partial charge in [0.2, 0.25) is 11.8 Å². The number of hydrogen-bond acceptors (Lipinski definition) is 4. The summed E-state index contributed by atoms with van der Waals surface area (Å²) in [6.07, 6.45) is 1.88. The highest BCUT2D eigenvalue weighted by atomic mass is 16.4. The van der Waals surface area contributed by atoms with Gasteiger partial charge in [-0.25, -0.2) is 4.79 Å². The molecule has 2 aliphatic heterocycles. The molecule has 7 heteroatoms. The number of carbonyl (C=O) groups excluding carboxylic acids is 3. The SMILES string of the molecule is CC(=O)N1CCC2(CC1)CC(C(=O)O)N(C(=O)CCC(=O)c1ccccc1)C2. The number of rotatable bonds is 5. The van der Waals surface area contributed by atoms with Crippen molar-refractivity contribution in [3.05, 3.63) is 35.9 Å². The van der Waals surface area contributed by atoms with E-state index in [0.717, 1.165) is 0 Å². The van der Waals surface area contributed by atoms with Crippen LogP contribution in [0.25, 0.3) is 0 Å². The molecule has 3 rings (SSSR count). The zero-order chi connectivity index (χ0) is 20.3. The monoisotopic (exact) mass is 386 g/mol. The van der Waals surface area contributed by atoms with E-state index in [0.29, 0.717) is 44.5 Å². The molecule has 0 bridgehead atoms. The third kappa shape index (κ3) is 4.24. The lowest BCUT2D eigenvalue weighted by molar-refractivity contribution is -0.148. The largest absolute Gasteiger partial charge is 0.480 e. The van der Waals surface area contributed by atoms with Crippen LogP contribution in [-0.4, -0.2) is 64.1 Å². The molecule has 28 heavy (non-hydrogen) atoms. The van der Waals surface area contributed by atoms with E-state index in [9.17, 15) is 24.3 Å². The first-order chi connectivity index (χ1) is 13.3. The average Bonchev–Trinajstić information content (AvgIpc) is 3.06. The normalized spacial score (nSPS) is 21.0. The number of carboxylic acids is 1. The molecule has 2 amide bonds. The van der Waals surface area contributed by atoms with E-state index in [2.05, 4.69) is 0 Å². The Labute approximate surface area is 164 Å². The van der Waals surface area contributed by atoms with Gasteiger partial charge in [0.25, 0.3) is 0 Å². The Morgan fingerprint density at radius 3 is 2.29 bits per heavy atom. The molecule has 150 valence electrons. The molecular weight excluding hydrogens is 360 g/mol. The molecule has 0 aromatic heterocycles. The molecule has 2 aliphatic rings. The minimum Gasteiger partial charge on any atom is -0.480 e. The summed E-state index contributed by atoms with van der Waals surface area (Å²) in [6.45, 7) is 3.10. The fourth-order valence-electron chi connectivity index (χ4n) is 4.33. The fourth-order valence-corrected chi connectivity index (χ4v) is 4.33. The summed E-state index contributed by atoms with van der Waals surface area (Å²) in [4.78, 5) is 51.5. The third-order valence-electron chi connectivity index (χ3n) is 6.04. The quantitative estimate of drug-likeness (QED) is 0.781. The average molecular weight is 386 g/mol. The number of ketones is 1. The van der Waals surface area contributed by atoms with Gasteiger partial charge >= 0.3 is 5.97 Å². The molecule has 0 aliphatic carbocycles. The van der Waals surface area contributed by atoms with E-state index >= 15 is 0 Å². The van der Waals surface area contributed by atoms with Gasteiger partial charge < -0.3 is 14.9 Å². The minimum absolute atomic E-state index is 0.00710. The second kappa shape index (κ2) is 8.12. The van der Waals surface area contributed by atoms with Gasteiger partial charge in [0.1, 0.15) is 6.04 Å². The van der Waals surface area contributed by atoms with Gasteiger partial charge in [-0.1, -0.05) is 30.3 Å². The van der Waals surface area contributed by atoms with Gasteiger partial charge in [0.05, 0.1) is 0 Å². The lowest BCUT2D eigenvalue weighted by atomic mass is 9.76. The van der Waals surface area contributed by atoms with Gasteiger partial charge in [-0.15, -0.1) is 0 Å². The standard InChI is InChI=1S/C21H26N2O5/c1-15(24)22-11-9-21(10-12-22)13-17(20(27)28)23(14-21)19(26)8-7-18(25)16-5-3-2-4-6-16/h2-6,17H,7-14H2,1H3,(H,27,28). The maximum Gasteiger partial charge on any atom is 0.326 e. The molecule has 1 atom stereocenters. The first-order valence-electron chi connectivity index (χ1n) is 9.67. The predicted octanol–water partition coefficient (Wildman–Crippen LogP) is 1.96. The van der Waals surface area contributed by atoms with E-state index in [4.69, 9.17) is 0 Å². The summed E-state index contributed by atoms with van der Waals surface area (Å²) in [7, 11) is 0. The van der Waals surface area contributed by atoms with Crippen LogP contribution in [0.4, 0.5) is 0 Å². The van der Waals surface area contributed by atoms with Crippen LogP contribution >= 0.6 is 0 Å². The molecule has 2 fully saturated rings. The number of amides is 2. The summed E-state index contributed by atoms with van der Waals surface area (Å²) in [5, 5.41) is 9.62. The van der Waals surface area contributed by atoms with E-state index in [1.807, 2.05) is 6.07 Å². The Morgan fingerprint density at radius 1 is 1.07 bits per heavy atom. The lowest BCUT2D eigenvalue weighted by Gasteiger charge is -2.38. The van der Waals surface area contributed by atoms with E-state index < -0.39 is 12.0 Å². The third-order valence-corrected chi connectivity index (χ3v) is 6.04. The zero-order valence-corrected chi connectivity index (χ0v) is 16.1. The number of nitrogens with zero attached hydrogens (tertiary/aromatic N) is 2. The summed E-state index contributed by atoms with van der Waals surface area (Å²) in [5.41, 5.74) is 0.299. The summed E-state index contributed by atoms with van der Waals surface area (Å²) < 4.78 is 0. The van der Waals surface area contributed by atoms with Crippen LogP contribution in [0.2, 0.25) is 0 Å². The van der Waals surface area contributed by atoms with Gasteiger partial charge in [-0.3, -0.25) is 14.4 Å². The summed E-state index contributed by atoms with van der Waals surface area (Å²) >= 11 is 0. The first kappa shape index (κ1) is 20.0. The van der Waals surface area contributed by atoms with E-state index in [1.165, 1.54) is 11.8 Å². The molecule has 1 N–H and O–H groups in total. The second-order valence-electron chi connectivity index (χ2n) is 7.88. The van der Waals surface area contributed by atoms with Crippen molar-refractivity contribution in [3.8, 4) is 0 Å². The Morgan fingerprint density at radius 2 is 1.71 bits per heavy atom.